The summed E-state index contributed by atoms with van der Waals surface area (Å²) in [6.07, 6.45) is 1.82. The zero-order valence-electron chi connectivity index (χ0n) is 10.5. The first-order valence-electron chi connectivity index (χ1n) is 5.84. The predicted octanol–water partition coefficient (Wildman–Crippen LogP) is 3.71. The normalized spacial score (nSPS) is 10.1. The molecule has 0 aliphatic carbocycles. The molecule has 0 radical (unpaired) electrons. The monoisotopic (exact) mass is 289 g/mol. The fraction of sp³-hybridized carbons (Fsp3) is 0.0667. The van der Waals surface area contributed by atoms with E-state index in [1.807, 2.05) is 0 Å². The number of aliphatic carboxylic acids is 1. The lowest BCUT2D eigenvalue weighted by atomic mass is 10.1. The molecule has 4 nitrogen and oxygen atoms in total. The highest BCUT2D eigenvalue weighted by molar-refractivity contribution is 6.30. The van der Waals surface area contributed by atoms with Crippen molar-refractivity contribution >= 4 is 17.6 Å². The minimum atomic E-state index is -1.01. The second-order valence-electron chi connectivity index (χ2n) is 4.15. The molecule has 102 valence electrons. The fourth-order valence-corrected chi connectivity index (χ4v) is 1.65. The average Bonchev–Trinajstić information content (AvgIpc) is 2.43. The van der Waals surface area contributed by atoms with E-state index in [-0.39, 0.29) is 12.0 Å². The molecule has 0 saturated heterocycles. The standard InChI is InChI=1S/C15H12ClNO3/c1-10(15(18)19)8-11-2-7-14(17-9-11)20-13-5-3-12(16)4-6-13/h2-7,9H,1,8H2,(H,18,19). The molecule has 0 aliphatic rings. The van der Waals surface area contributed by atoms with Gasteiger partial charge in [-0.05, 0) is 29.8 Å². The molecular weight excluding hydrogens is 278 g/mol. The van der Waals surface area contributed by atoms with Crippen LogP contribution in [0, 0.1) is 0 Å². The van der Waals surface area contributed by atoms with E-state index in [0.29, 0.717) is 16.7 Å². The number of ether oxygens (including phenoxy) is 1. The van der Waals surface area contributed by atoms with Crippen LogP contribution in [0.1, 0.15) is 5.56 Å². The van der Waals surface area contributed by atoms with Crippen LogP contribution in [-0.4, -0.2) is 16.1 Å². The van der Waals surface area contributed by atoms with Gasteiger partial charge in [0.1, 0.15) is 5.75 Å². The number of carboxylic acids is 1. The molecule has 1 aromatic heterocycles. The summed E-state index contributed by atoms with van der Waals surface area (Å²) in [7, 11) is 0. The highest BCUT2D eigenvalue weighted by Gasteiger charge is 2.06. The molecule has 0 bridgehead atoms. The Morgan fingerprint density at radius 3 is 2.50 bits per heavy atom. The van der Waals surface area contributed by atoms with Gasteiger partial charge >= 0.3 is 5.97 Å². The first-order valence-corrected chi connectivity index (χ1v) is 6.22. The number of benzene rings is 1. The van der Waals surface area contributed by atoms with E-state index in [4.69, 9.17) is 21.4 Å². The zero-order valence-corrected chi connectivity index (χ0v) is 11.3. The van der Waals surface area contributed by atoms with Gasteiger partial charge in [-0.25, -0.2) is 9.78 Å². The quantitative estimate of drug-likeness (QED) is 0.853. The van der Waals surface area contributed by atoms with Crippen molar-refractivity contribution in [1.29, 1.82) is 0 Å². The molecule has 1 aromatic carbocycles. The third kappa shape index (κ3) is 3.83. The first kappa shape index (κ1) is 14.1. The van der Waals surface area contributed by atoms with Crippen LogP contribution in [0.5, 0.6) is 11.6 Å². The molecule has 2 rings (SSSR count). The number of rotatable bonds is 5. The van der Waals surface area contributed by atoms with Crippen LogP contribution in [0.2, 0.25) is 5.02 Å². The molecule has 0 saturated carbocycles. The van der Waals surface area contributed by atoms with E-state index in [0.717, 1.165) is 5.56 Å². The summed E-state index contributed by atoms with van der Waals surface area (Å²) in [5.74, 6) is 0.0492. The van der Waals surface area contributed by atoms with Gasteiger partial charge in [0.2, 0.25) is 5.88 Å². The van der Waals surface area contributed by atoms with Crippen LogP contribution in [0.3, 0.4) is 0 Å². The number of carbonyl (C=O) groups is 1. The van der Waals surface area contributed by atoms with Crippen LogP contribution >= 0.6 is 11.6 Å². The number of carboxylic acid groups (broad SMARTS) is 1. The van der Waals surface area contributed by atoms with E-state index in [9.17, 15) is 4.79 Å². The van der Waals surface area contributed by atoms with Gasteiger partial charge in [-0.2, -0.15) is 0 Å². The molecule has 0 amide bonds. The molecule has 20 heavy (non-hydrogen) atoms. The van der Waals surface area contributed by atoms with Crippen molar-refractivity contribution in [2.45, 2.75) is 6.42 Å². The molecule has 0 spiro atoms. The lowest BCUT2D eigenvalue weighted by Crippen LogP contribution is -2.02. The topological polar surface area (TPSA) is 59.4 Å². The lowest BCUT2D eigenvalue weighted by Gasteiger charge is -2.06. The zero-order chi connectivity index (χ0) is 14.5. The summed E-state index contributed by atoms with van der Waals surface area (Å²) < 4.78 is 5.53. The smallest absolute Gasteiger partial charge is 0.331 e. The molecular formula is C15H12ClNO3. The van der Waals surface area contributed by atoms with Gasteiger partial charge in [0.25, 0.3) is 0 Å². The third-order valence-electron chi connectivity index (χ3n) is 2.55. The number of halogens is 1. The molecule has 0 atom stereocenters. The van der Waals surface area contributed by atoms with Crippen molar-refractivity contribution in [3.8, 4) is 11.6 Å². The van der Waals surface area contributed by atoms with Crippen molar-refractivity contribution < 1.29 is 14.6 Å². The molecule has 1 heterocycles. The maximum Gasteiger partial charge on any atom is 0.331 e. The molecule has 1 N–H and O–H groups in total. The number of pyridine rings is 1. The van der Waals surface area contributed by atoms with Crippen molar-refractivity contribution in [2.75, 3.05) is 0 Å². The van der Waals surface area contributed by atoms with Gasteiger partial charge in [0.15, 0.2) is 0 Å². The first-order chi connectivity index (χ1) is 9.54. The number of aromatic nitrogens is 1. The van der Waals surface area contributed by atoms with Gasteiger partial charge in [0.05, 0.1) is 0 Å². The maximum atomic E-state index is 10.7. The number of nitrogens with zero attached hydrogens (tertiary/aromatic N) is 1. The SMILES string of the molecule is C=C(Cc1ccc(Oc2ccc(Cl)cc2)nc1)C(=O)O. The average molecular weight is 290 g/mol. The van der Waals surface area contributed by atoms with E-state index in [1.54, 1.807) is 42.6 Å². The summed E-state index contributed by atoms with van der Waals surface area (Å²) >= 11 is 5.78. The van der Waals surface area contributed by atoms with E-state index >= 15 is 0 Å². The predicted molar refractivity (Wildman–Crippen MR) is 76.2 cm³/mol. The number of hydrogen-bond donors (Lipinski definition) is 1. The Kier molecular flexibility index (Phi) is 4.38. The Morgan fingerprint density at radius 1 is 1.25 bits per heavy atom. The van der Waals surface area contributed by atoms with E-state index in [2.05, 4.69) is 11.6 Å². The van der Waals surface area contributed by atoms with Crippen LogP contribution in [0.25, 0.3) is 0 Å². The van der Waals surface area contributed by atoms with Crippen LogP contribution in [-0.2, 0) is 11.2 Å². The summed E-state index contributed by atoms with van der Waals surface area (Å²) in [6.45, 7) is 3.48. The van der Waals surface area contributed by atoms with Gasteiger partial charge in [0, 0.05) is 29.3 Å². The van der Waals surface area contributed by atoms with Gasteiger partial charge < -0.3 is 9.84 Å². The van der Waals surface area contributed by atoms with Crippen molar-refractivity contribution in [1.82, 2.24) is 4.98 Å². The minimum absolute atomic E-state index is 0.123. The van der Waals surface area contributed by atoms with Crippen molar-refractivity contribution in [3.05, 3.63) is 65.3 Å². The van der Waals surface area contributed by atoms with Gasteiger partial charge in [-0.3, -0.25) is 0 Å². The molecule has 0 unspecified atom stereocenters. The van der Waals surface area contributed by atoms with Crippen molar-refractivity contribution in [3.63, 3.8) is 0 Å². The highest BCUT2D eigenvalue weighted by Crippen LogP contribution is 2.21. The van der Waals surface area contributed by atoms with E-state index in [1.165, 1.54) is 0 Å². The summed E-state index contributed by atoms with van der Waals surface area (Å²) in [4.78, 5) is 14.8. The summed E-state index contributed by atoms with van der Waals surface area (Å²) in [5, 5.41) is 9.39. The molecule has 5 heteroatoms. The second kappa shape index (κ2) is 6.21. The fourth-order valence-electron chi connectivity index (χ4n) is 1.52. The third-order valence-corrected chi connectivity index (χ3v) is 2.81. The Balaban J connectivity index is 2.03. The summed E-state index contributed by atoms with van der Waals surface area (Å²) in [6, 6.07) is 10.4. The van der Waals surface area contributed by atoms with Gasteiger partial charge in [-0.15, -0.1) is 0 Å². The minimum Gasteiger partial charge on any atom is -0.478 e. The molecule has 0 aliphatic heterocycles. The highest BCUT2D eigenvalue weighted by atomic mass is 35.5. The second-order valence-corrected chi connectivity index (χ2v) is 4.58. The number of hydrogen-bond acceptors (Lipinski definition) is 3. The van der Waals surface area contributed by atoms with E-state index < -0.39 is 5.97 Å². The van der Waals surface area contributed by atoms with Crippen LogP contribution < -0.4 is 4.74 Å². The van der Waals surface area contributed by atoms with Gasteiger partial charge in [-0.1, -0.05) is 24.2 Å². The summed E-state index contributed by atoms with van der Waals surface area (Å²) in [5.41, 5.74) is 0.888. The van der Waals surface area contributed by atoms with Crippen molar-refractivity contribution in [2.24, 2.45) is 0 Å². The Labute approximate surface area is 121 Å². The molecule has 0 fully saturated rings. The van der Waals surface area contributed by atoms with Crippen LogP contribution in [0.4, 0.5) is 0 Å². The van der Waals surface area contributed by atoms with Crippen LogP contribution in [0.15, 0.2) is 54.7 Å². The largest absolute Gasteiger partial charge is 0.478 e. The lowest BCUT2D eigenvalue weighted by molar-refractivity contribution is -0.132. The molecule has 2 aromatic rings. The Hall–Kier alpha value is -2.33. The maximum absolute atomic E-state index is 10.7. The Bertz CT molecular complexity index is 621. The Morgan fingerprint density at radius 2 is 1.95 bits per heavy atom.